The molecule has 3 aliphatic heterocycles. The van der Waals surface area contributed by atoms with Gasteiger partial charge in [-0.15, -0.1) is 0 Å². The maximum atomic E-state index is 14.1. The van der Waals surface area contributed by atoms with Gasteiger partial charge in [0.15, 0.2) is 6.29 Å². The molecule has 0 unspecified atom stereocenters. The number of amides is 1. The van der Waals surface area contributed by atoms with Crippen molar-refractivity contribution in [2.24, 2.45) is 11.8 Å². The Morgan fingerprint density at radius 3 is 2.62 bits per heavy atom. The summed E-state index contributed by atoms with van der Waals surface area (Å²) in [5, 5.41) is 2.72. The third-order valence-corrected chi connectivity index (χ3v) is 10.6. The summed E-state index contributed by atoms with van der Waals surface area (Å²) < 4.78 is 69.3. The molecule has 16 heteroatoms. The van der Waals surface area contributed by atoms with Crippen LogP contribution < -0.4 is 10.8 Å². The van der Waals surface area contributed by atoms with Gasteiger partial charge in [0.25, 0.3) is 0 Å². The summed E-state index contributed by atoms with van der Waals surface area (Å²) in [6.07, 6.45) is -2.59. The first-order chi connectivity index (χ1) is 21.3. The Balaban J connectivity index is 1.44. The van der Waals surface area contributed by atoms with Gasteiger partial charge in [-0.2, -0.15) is 4.31 Å². The predicted molar refractivity (Wildman–Crippen MR) is 164 cm³/mol. The average molecular weight is 666 g/mol. The van der Waals surface area contributed by atoms with Crippen LogP contribution in [0, 0.1) is 11.8 Å². The maximum Gasteiger partial charge on any atom is 0.469 e. The van der Waals surface area contributed by atoms with E-state index in [0.717, 1.165) is 20.9 Å². The topological polar surface area (TPSA) is 170 Å². The summed E-state index contributed by atoms with van der Waals surface area (Å²) >= 11 is 0. The zero-order valence-corrected chi connectivity index (χ0v) is 27.2. The van der Waals surface area contributed by atoms with Crippen LogP contribution in [-0.2, 0) is 51.0 Å². The molecule has 0 bridgehead atoms. The molecule has 1 amide bonds. The van der Waals surface area contributed by atoms with Crippen molar-refractivity contribution in [2.75, 3.05) is 26.3 Å². The van der Waals surface area contributed by atoms with Gasteiger partial charge in [-0.05, 0) is 47.5 Å². The maximum absolute atomic E-state index is 14.1. The molecule has 246 valence electrons. The third-order valence-electron chi connectivity index (χ3n) is 8.20. The van der Waals surface area contributed by atoms with Crippen LogP contribution in [0.15, 0.2) is 53.4 Å². The highest BCUT2D eigenvalue weighted by atomic mass is 32.2. The lowest BCUT2D eigenvalue weighted by Crippen LogP contribution is -2.52. The number of rotatable bonds is 13. The van der Waals surface area contributed by atoms with Crippen LogP contribution in [0.5, 0.6) is 0 Å². The number of fused-ring (bicyclic) bond motifs is 2. The second-order valence-electron chi connectivity index (χ2n) is 12.1. The Bertz CT molecular complexity index is 1490. The van der Waals surface area contributed by atoms with E-state index >= 15 is 0 Å². The van der Waals surface area contributed by atoms with Crippen LogP contribution in [0.4, 0.5) is 4.79 Å². The minimum atomic E-state index is -5.17. The molecular formula is C29H40BN2O11PS. The minimum Gasteiger partial charge on any atom is -0.443 e. The number of nitrogens with one attached hydrogen (secondary N) is 1. The summed E-state index contributed by atoms with van der Waals surface area (Å²) in [6.45, 7) is 5.88. The van der Waals surface area contributed by atoms with E-state index in [2.05, 4.69) is 5.32 Å². The second kappa shape index (κ2) is 14.2. The number of carbonyl (C=O) groups is 1. The SMILES string of the molecule is CB1OCc2cc(S(=O)(=O)N(CC(C)C)C[C@@H](OP(=O)(O)O)[C@H](Cc3ccccc3)NC(=O)O[C@H]3CO[C@H]4OCC[C@H]43)ccc21. The number of hydrogen-bond donors (Lipinski definition) is 3. The molecule has 3 N–H and O–H groups in total. The monoisotopic (exact) mass is 666 g/mol. The van der Waals surface area contributed by atoms with E-state index in [1.165, 1.54) is 6.07 Å². The van der Waals surface area contributed by atoms with Gasteiger partial charge in [-0.1, -0.05) is 57.1 Å². The first-order valence-corrected chi connectivity index (χ1v) is 18.0. The van der Waals surface area contributed by atoms with Gasteiger partial charge >= 0.3 is 20.8 Å². The van der Waals surface area contributed by atoms with Gasteiger partial charge in [0.2, 0.25) is 10.0 Å². The molecule has 2 saturated heterocycles. The Morgan fingerprint density at radius 1 is 1.16 bits per heavy atom. The molecule has 3 aliphatic rings. The number of carbonyl (C=O) groups excluding carboxylic acids is 1. The third kappa shape index (κ3) is 8.53. The number of ether oxygens (including phenoxy) is 3. The Morgan fingerprint density at radius 2 is 1.91 bits per heavy atom. The quantitative estimate of drug-likeness (QED) is 0.212. The van der Waals surface area contributed by atoms with Crippen molar-refractivity contribution < 1.29 is 51.0 Å². The minimum absolute atomic E-state index is 0.0241. The number of alkyl carbamates (subject to hydrolysis) is 1. The highest BCUT2D eigenvalue weighted by Crippen LogP contribution is 2.39. The van der Waals surface area contributed by atoms with E-state index in [9.17, 15) is 27.6 Å². The Kier molecular flexibility index (Phi) is 10.7. The highest BCUT2D eigenvalue weighted by molar-refractivity contribution is 7.89. The lowest BCUT2D eigenvalue weighted by Gasteiger charge is -2.33. The molecule has 3 heterocycles. The predicted octanol–water partition coefficient (Wildman–Crippen LogP) is 2.27. The van der Waals surface area contributed by atoms with Crippen LogP contribution >= 0.6 is 7.82 Å². The van der Waals surface area contributed by atoms with Crippen LogP contribution in [-0.4, -0.2) is 86.4 Å². The van der Waals surface area contributed by atoms with Gasteiger partial charge < -0.3 is 34.0 Å². The number of phosphoric acid groups is 1. The number of benzene rings is 2. The molecule has 2 aromatic carbocycles. The Labute approximate surface area is 263 Å². The zero-order valence-electron chi connectivity index (χ0n) is 25.5. The van der Waals surface area contributed by atoms with Gasteiger partial charge in [-0.3, -0.25) is 4.52 Å². The zero-order chi connectivity index (χ0) is 32.4. The molecule has 5 atom stereocenters. The number of sulfonamides is 1. The number of nitrogens with zero attached hydrogens (tertiary/aromatic N) is 1. The number of phosphoric ester groups is 1. The number of hydrogen-bond acceptors (Lipinski definition) is 9. The molecule has 13 nitrogen and oxygen atoms in total. The van der Waals surface area contributed by atoms with Crippen LogP contribution in [0.1, 0.15) is 31.4 Å². The Hall–Kier alpha value is -2.33. The molecule has 0 aliphatic carbocycles. The molecule has 0 radical (unpaired) electrons. The normalized spacial score (nSPS) is 22.8. The largest absolute Gasteiger partial charge is 0.469 e. The summed E-state index contributed by atoms with van der Waals surface area (Å²) in [4.78, 5) is 33.2. The van der Waals surface area contributed by atoms with E-state index in [1.807, 2.05) is 26.7 Å². The fourth-order valence-electron chi connectivity index (χ4n) is 6.02. The summed E-state index contributed by atoms with van der Waals surface area (Å²) in [5.41, 5.74) is 2.38. The van der Waals surface area contributed by atoms with E-state index < -0.39 is 55.0 Å². The van der Waals surface area contributed by atoms with E-state index in [-0.39, 0.29) is 49.8 Å². The van der Waals surface area contributed by atoms with Crippen molar-refractivity contribution in [3.8, 4) is 0 Å². The fourth-order valence-corrected chi connectivity index (χ4v) is 8.25. The van der Waals surface area contributed by atoms with Gasteiger partial charge in [0.1, 0.15) is 12.2 Å². The van der Waals surface area contributed by atoms with E-state index in [1.54, 1.807) is 36.4 Å². The standard InChI is InChI=1S/C29H40BN2O11PS/c1-19(2)15-32(45(37,38)22-9-10-24-21(14-22)17-41-30(24)3)16-26(43-44(34,35)36)25(13-20-7-5-4-6-8-20)31-29(33)42-27-18-40-28-23(27)11-12-39-28/h4-10,14,19,23,25-28H,11-13,15-18H2,1-3H3,(H,31,33)(H2,34,35,36)/t23-,25-,26+,27-,28+/m0/s1. The molecule has 2 fully saturated rings. The summed E-state index contributed by atoms with van der Waals surface area (Å²) in [5.74, 6) is -0.277. The molecule has 2 aromatic rings. The lowest BCUT2D eigenvalue weighted by molar-refractivity contribution is -0.0907. The molecular weight excluding hydrogens is 626 g/mol. The van der Waals surface area contributed by atoms with Crippen LogP contribution in [0.3, 0.4) is 0 Å². The molecule has 0 saturated carbocycles. The highest BCUT2D eigenvalue weighted by Gasteiger charge is 2.44. The molecule has 5 rings (SSSR count). The van der Waals surface area contributed by atoms with Gasteiger partial charge in [-0.25, -0.2) is 17.8 Å². The van der Waals surface area contributed by atoms with Crippen molar-refractivity contribution in [3.05, 3.63) is 59.7 Å². The molecule has 0 spiro atoms. The molecule has 0 aromatic heterocycles. The first kappa shape index (κ1) is 34.0. The summed E-state index contributed by atoms with van der Waals surface area (Å²) in [7, 11) is -9.35. The van der Waals surface area contributed by atoms with E-state index in [4.69, 9.17) is 23.4 Å². The summed E-state index contributed by atoms with van der Waals surface area (Å²) in [6, 6.07) is 12.7. The lowest BCUT2D eigenvalue weighted by atomic mass is 9.64. The fraction of sp³-hybridized carbons (Fsp3) is 0.552. The smallest absolute Gasteiger partial charge is 0.443 e. The van der Waals surface area contributed by atoms with Crippen molar-refractivity contribution in [2.45, 2.75) is 69.6 Å². The first-order valence-electron chi connectivity index (χ1n) is 15.0. The van der Waals surface area contributed by atoms with Crippen molar-refractivity contribution >= 4 is 36.3 Å². The van der Waals surface area contributed by atoms with Crippen molar-refractivity contribution in [1.82, 2.24) is 9.62 Å². The molecule has 45 heavy (non-hydrogen) atoms. The van der Waals surface area contributed by atoms with Gasteiger partial charge in [0.05, 0.1) is 36.7 Å². The van der Waals surface area contributed by atoms with Crippen LogP contribution in [0.2, 0.25) is 6.82 Å². The van der Waals surface area contributed by atoms with Gasteiger partial charge in [0, 0.05) is 13.1 Å². The second-order valence-corrected chi connectivity index (χ2v) is 15.2. The van der Waals surface area contributed by atoms with Crippen molar-refractivity contribution in [3.63, 3.8) is 0 Å². The van der Waals surface area contributed by atoms with E-state index in [0.29, 0.717) is 13.0 Å². The van der Waals surface area contributed by atoms with Crippen molar-refractivity contribution in [1.29, 1.82) is 0 Å². The average Bonchev–Trinajstić information content (AvgIpc) is 3.69. The van der Waals surface area contributed by atoms with Crippen LogP contribution in [0.25, 0.3) is 0 Å².